The number of likely N-dealkylation sites (N-methyl/N-ethyl adjacent to an activating group) is 1. The SMILES string of the molecule is COC(=O)CN(CCN1CCN(C)CC1)c1nccc(C)n1. The minimum Gasteiger partial charge on any atom is -0.468 e. The Labute approximate surface area is 131 Å². The Morgan fingerprint density at radius 3 is 2.73 bits per heavy atom. The maximum atomic E-state index is 11.6. The fourth-order valence-electron chi connectivity index (χ4n) is 2.39. The van der Waals surface area contributed by atoms with Crippen molar-refractivity contribution in [1.29, 1.82) is 0 Å². The molecule has 1 aliphatic rings. The van der Waals surface area contributed by atoms with Gasteiger partial charge >= 0.3 is 5.97 Å². The summed E-state index contributed by atoms with van der Waals surface area (Å²) in [5.74, 6) is 0.308. The van der Waals surface area contributed by atoms with Gasteiger partial charge < -0.3 is 14.5 Å². The number of nitrogens with zero attached hydrogens (tertiary/aromatic N) is 5. The average molecular weight is 307 g/mol. The zero-order valence-corrected chi connectivity index (χ0v) is 13.7. The molecule has 1 fully saturated rings. The van der Waals surface area contributed by atoms with Crippen LogP contribution in [0.5, 0.6) is 0 Å². The van der Waals surface area contributed by atoms with E-state index in [0.29, 0.717) is 12.5 Å². The van der Waals surface area contributed by atoms with E-state index in [1.54, 1.807) is 6.20 Å². The second-order valence-corrected chi connectivity index (χ2v) is 5.64. The summed E-state index contributed by atoms with van der Waals surface area (Å²) in [4.78, 5) is 26.9. The Hall–Kier alpha value is -1.73. The highest BCUT2D eigenvalue weighted by atomic mass is 16.5. The van der Waals surface area contributed by atoms with Gasteiger partial charge in [-0.1, -0.05) is 0 Å². The number of aryl methyl sites for hydroxylation is 1. The molecule has 2 heterocycles. The van der Waals surface area contributed by atoms with E-state index >= 15 is 0 Å². The number of hydrogen-bond acceptors (Lipinski definition) is 7. The first-order valence-electron chi connectivity index (χ1n) is 7.61. The molecule has 0 unspecified atom stereocenters. The molecule has 1 aromatic rings. The van der Waals surface area contributed by atoms with Crippen molar-refractivity contribution in [3.05, 3.63) is 18.0 Å². The van der Waals surface area contributed by atoms with Gasteiger partial charge in [-0.05, 0) is 20.0 Å². The van der Waals surface area contributed by atoms with Gasteiger partial charge in [0.2, 0.25) is 5.95 Å². The summed E-state index contributed by atoms with van der Waals surface area (Å²) in [6.45, 7) is 7.96. The molecule has 0 aromatic carbocycles. The van der Waals surface area contributed by atoms with E-state index in [0.717, 1.165) is 38.4 Å². The van der Waals surface area contributed by atoms with Crippen molar-refractivity contribution in [3.63, 3.8) is 0 Å². The molecule has 22 heavy (non-hydrogen) atoms. The van der Waals surface area contributed by atoms with Crippen molar-refractivity contribution < 1.29 is 9.53 Å². The molecule has 0 atom stereocenters. The van der Waals surface area contributed by atoms with E-state index < -0.39 is 0 Å². The molecule has 0 amide bonds. The highest BCUT2D eigenvalue weighted by molar-refractivity contribution is 5.74. The summed E-state index contributed by atoms with van der Waals surface area (Å²) >= 11 is 0. The van der Waals surface area contributed by atoms with Gasteiger partial charge in [0.15, 0.2) is 0 Å². The fraction of sp³-hybridized carbons (Fsp3) is 0.667. The lowest BCUT2D eigenvalue weighted by Gasteiger charge is -2.33. The summed E-state index contributed by atoms with van der Waals surface area (Å²) < 4.78 is 4.78. The maximum Gasteiger partial charge on any atom is 0.325 e. The minimum absolute atomic E-state index is 0.174. The molecule has 1 saturated heterocycles. The molecule has 122 valence electrons. The standard InChI is InChI=1S/C15H25N5O2/c1-13-4-5-16-15(17-13)20(12-14(21)22-3)11-10-19-8-6-18(2)7-9-19/h4-5H,6-12H2,1-3H3. The average Bonchev–Trinajstić information content (AvgIpc) is 2.52. The van der Waals surface area contributed by atoms with Crippen LogP contribution in [-0.2, 0) is 9.53 Å². The minimum atomic E-state index is -0.275. The Morgan fingerprint density at radius 2 is 2.09 bits per heavy atom. The lowest BCUT2D eigenvalue weighted by atomic mass is 10.3. The lowest BCUT2D eigenvalue weighted by molar-refractivity contribution is -0.139. The Bertz CT molecular complexity index is 489. The van der Waals surface area contributed by atoms with Gasteiger partial charge in [-0.25, -0.2) is 9.97 Å². The molecule has 1 aliphatic heterocycles. The summed E-state index contributed by atoms with van der Waals surface area (Å²) in [5, 5.41) is 0. The van der Waals surface area contributed by atoms with Crippen LogP contribution in [0.1, 0.15) is 5.69 Å². The number of methoxy groups -OCH3 is 1. The Kier molecular flexibility index (Phi) is 6.09. The van der Waals surface area contributed by atoms with Crippen LogP contribution in [0.15, 0.2) is 12.3 Å². The molecule has 7 nitrogen and oxygen atoms in total. The molecule has 0 saturated carbocycles. The molecule has 0 aliphatic carbocycles. The summed E-state index contributed by atoms with van der Waals surface area (Å²) in [5.41, 5.74) is 0.888. The van der Waals surface area contributed by atoms with Gasteiger partial charge in [0.05, 0.1) is 7.11 Å². The van der Waals surface area contributed by atoms with Crippen molar-refractivity contribution in [2.45, 2.75) is 6.92 Å². The number of aromatic nitrogens is 2. The molecule has 1 aromatic heterocycles. The third-order valence-corrected chi connectivity index (χ3v) is 3.89. The molecule has 0 spiro atoms. The number of carbonyl (C=O) groups excluding carboxylic acids is 1. The van der Waals surface area contributed by atoms with Gasteiger partial charge in [-0.15, -0.1) is 0 Å². The van der Waals surface area contributed by atoms with Crippen LogP contribution >= 0.6 is 0 Å². The zero-order chi connectivity index (χ0) is 15.9. The van der Waals surface area contributed by atoms with Crippen molar-refractivity contribution in [2.24, 2.45) is 0 Å². The molecule has 2 rings (SSSR count). The Morgan fingerprint density at radius 1 is 1.36 bits per heavy atom. The number of hydrogen-bond donors (Lipinski definition) is 0. The maximum absolute atomic E-state index is 11.6. The van der Waals surface area contributed by atoms with Crippen LogP contribution in [0.2, 0.25) is 0 Å². The largest absolute Gasteiger partial charge is 0.468 e. The van der Waals surface area contributed by atoms with E-state index in [1.165, 1.54) is 7.11 Å². The molecule has 0 bridgehead atoms. The molecular weight excluding hydrogens is 282 g/mol. The number of carbonyl (C=O) groups is 1. The molecule has 7 heteroatoms. The van der Waals surface area contributed by atoms with E-state index in [9.17, 15) is 4.79 Å². The highest BCUT2D eigenvalue weighted by Crippen LogP contribution is 2.08. The summed E-state index contributed by atoms with van der Waals surface area (Å²) in [6.07, 6.45) is 1.72. The van der Waals surface area contributed by atoms with Gasteiger partial charge in [-0.3, -0.25) is 9.69 Å². The topological polar surface area (TPSA) is 61.8 Å². The normalized spacial score (nSPS) is 16.5. The van der Waals surface area contributed by atoms with E-state index in [1.807, 2.05) is 17.9 Å². The predicted octanol–water partition coefficient (Wildman–Crippen LogP) is 0.0118. The van der Waals surface area contributed by atoms with E-state index in [4.69, 9.17) is 4.74 Å². The Balaban J connectivity index is 1.97. The number of anilines is 1. The van der Waals surface area contributed by atoms with Crippen LogP contribution in [0.3, 0.4) is 0 Å². The first kappa shape index (κ1) is 16.6. The third-order valence-electron chi connectivity index (χ3n) is 3.89. The first-order valence-corrected chi connectivity index (χ1v) is 7.61. The van der Waals surface area contributed by atoms with Gasteiger partial charge in [-0.2, -0.15) is 0 Å². The zero-order valence-electron chi connectivity index (χ0n) is 13.7. The van der Waals surface area contributed by atoms with Crippen LogP contribution in [-0.4, -0.2) is 85.7 Å². The van der Waals surface area contributed by atoms with E-state index in [2.05, 4.69) is 26.8 Å². The third kappa shape index (κ3) is 4.92. The number of rotatable bonds is 6. The van der Waals surface area contributed by atoms with Gasteiger partial charge in [0.25, 0.3) is 0 Å². The lowest BCUT2D eigenvalue weighted by Crippen LogP contribution is -2.47. The second-order valence-electron chi connectivity index (χ2n) is 5.64. The molecule has 0 N–H and O–H groups in total. The number of esters is 1. The van der Waals surface area contributed by atoms with Crippen molar-refractivity contribution in [3.8, 4) is 0 Å². The number of piperazine rings is 1. The van der Waals surface area contributed by atoms with Crippen molar-refractivity contribution >= 4 is 11.9 Å². The summed E-state index contributed by atoms with van der Waals surface area (Å²) in [7, 11) is 3.54. The summed E-state index contributed by atoms with van der Waals surface area (Å²) in [6, 6.07) is 1.85. The van der Waals surface area contributed by atoms with Crippen LogP contribution in [0, 0.1) is 6.92 Å². The first-order chi connectivity index (χ1) is 10.6. The van der Waals surface area contributed by atoms with Crippen molar-refractivity contribution in [2.75, 3.05) is 64.9 Å². The van der Waals surface area contributed by atoms with Gasteiger partial charge in [0, 0.05) is 51.2 Å². The second kappa shape index (κ2) is 8.05. The smallest absolute Gasteiger partial charge is 0.325 e. The van der Waals surface area contributed by atoms with Crippen molar-refractivity contribution in [1.82, 2.24) is 19.8 Å². The van der Waals surface area contributed by atoms with E-state index in [-0.39, 0.29) is 12.5 Å². The van der Waals surface area contributed by atoms with Gasteiger partial charge in [0.1, 0.15) is 6.54 Å². The van der Waals surface area contributed by atoms with Crippen LogP contribution in [0.4, 0.5) is 5.95 Å². The monoisotopic (exact) mass is 307 g/mol. The quantitative estimate of drug-likeness (QED) is 0.686. The van der Waals surface area contributed by atoms with Crippen LogP contribution in [0.25, 0.3) is 0 Å². The highest BCUT2D eigenvalue weighted by Gasteiger charge is 2.18. The van der Waals surface area contributed by atoms with Crippen LogP contribution < -0.4 is 4.90 Å². The fourth-order valence-corrected chi connectivity index (χ4v) is 2.39. The number of ether oxygens (including phenoxy) is 1. The molecular formula is C15H25N5O2. The predicted molar refractivity (Wildman–Crippen MR) is 84.9 cm³/mol. The molecule has 0 radical (unpaired) electrons.